The summed E-state index contributed by atoms with van der Waals surface area (Å²) in [6.45, 7) is 5.51. The molecule has 0 aromatic heterocycles. The molecule has 0 saturated heterocycles. The highest BCUT2D eigenvalue weighted by Crippen LogP contribution is 2.18. The molecule has 0 heterocycles. The van der Waals surface area contributed by atoms with E-state index >= 15 is 0 Å². The third kappa shape index (κ3) is 4.42. The first kappa shape index (κ1) is 16.9. The molecule has 0 aliphatic heterocycles. The molecule has 0 aliphatic rings. The predicted octanol–water partition coefficient (Wildman–Crippen LogP) is 1.97. The zero-order valence-corrected chi connectivity index (χ0v) is 13.2. The highest BCUT2D eigenvalue weighted by Gasteiger charge is 2.29. The van der Waals surface area contributed by atoms with Crippen LogP contribution in [0.5, 0.6) is 0 Å². The molecule has 0 bridgehead atoms. The first-order valence-corrected chi connectivity index (χ1v) is 8.37. The molecule has 0 aliphatic carbocycles. The Balaban J connectivity index is 2.68. The molecule has 2 N–H and O–H groups in total. The van der Waals surface area contributed by atoms with Crippen molar-refractivity contribution >= 4 is 15.6 Å². The van der Waals surface area contributed by atoms with Crippen molar-refractivity contribution in [1.82, 2.24) is 0 Å². The van der Waals surface area contributed by atoms with Crippen molar-refractivity contribution in [3.05, 3.63) is 35.4 Å². The summed E-state index contributed by atoms with van der Waals surface area (Å²) >= 11 is 0. The Kier molecular flexibility index (Phi) is 5.48. The number of nitrogens with two attached hydrogens (primary N) is 1. The van der Waals surface area contributed by atoms with Gasteiger partial charge >= 0.3 is 0 Å². The maximum atomic E-state index is 12.0. The fourth-order valence-electron chi connectivity index (χ4n) is 1.70. The van der Waals surface area contributed by atoms with Crippen molar-refractivity contribution in [2.45, 2.75) is 38.4 Å². The number of carbonyl (C=O) groups is 1. The number of ketones is 1. The van der Waals surface area contributed by atoms with E-state index in [1.807, 2.05) is 12.1 Å². The van der Waals surface area contributed by atoms with Gasteiger partial charge in [-0.1, -0.05) is 24.3 Å². The molecule has 0 spiro atoms. The van der Waals surface area contributed by atoms with Crippen LogP contribution in [0.3, 0.4) is 0 Å². The minimum Gasteiger partial charge on any atom is -0.330 e. The van der Waals surface area contributed by atoms with E-state index in [1.165, 1.54) is 0 Å². The number of carbonyl (C=O) groups excluding carboxylic acids is 1. The number of sulfone groups is 1. The molecule has 1 aromatic rings. The minimum atomic E-state index is -3.25. The Hall–Kier alpha value is -1.20. The molecule has 0 atom stereocenters. The van der Waals surface area contributed by atoms with E-state index in [1.54, 1.807) is 32.9 Å². The molecular formula is C15H23NO3S. The average Bonchev–Trinajstić information content (AvgIpc) is 2.36. The number of rotatable bonds is 6. The number of benzene rings is 1. The smallest absolute Gasteiger partial charge is 0.163 e. The minimum absolute atomic E-state index is 0.0236. The quantitative estimate of drug-likeness (QED) is 0.814. The number of hydrogen-bond acceptors (Lipinski definition) is 4. The van der Waals surface area contributed by atoms with Gasteiger partial charge in [0.25, 0.3) is 0 Å². The van der Waals surface area contributed by atoms with Crippen molar-refractivity contribution in [2.24, 2.45) is 5.73 Å². The third-order valence-corrected chi connectivity index (χ3v) is 5.85. The second-order valence-corrected chi connectivity index (χ2v) is 8.70. The van der Waals surface area contributed by atoms with Crippen LogP contribution < -0.4 is 5.73 Å². The Bertz CT molecular complexity index is 554. The van der Waals surface area contributed by atoms with Crippen LogP contribution in [0.2, 0.25) is 0 Å². The fourth-order valence-corrected chi connectivity index (χ4v) is 2.77. The molecule has 0 radical (unpaired) electrons. The molecule has 112 valence electrons. The van der Waals surface area contributed by atoms with Gasteiger partial charge in [0.05, 0.1) is 10.5 Å². The number of hydrogen-bond donors (Lipinski definition) is 1. The lowest BCUT2D eigenvalue weighted by molar-refractivity contribution is 0.0988. The molecular weight excluding hydrogens is 274 g/mol. The summed E-state index contributed by atoms with van der Waals surface area (Å²) in [5.74, 6) is -0.253. The lowest BCUT2D eigenvalue weighted by atomic mass is 10.1. The summed E-state index contributed by atoms with van der Waals surface area (Å²) in [7, 11) is -3.25. The molecule has 1 rings (SSSR count). The van der Waals surface area contributed by atoms with Crippen LogP contribution in [0.1, 0.15) is 43.1 Å². The summed E-state index contributed by atoms with van der Waals surface area (Å²) in [6, 6.07) is 7.19. The molecule has 1 aromatic carbocycles. The first-order chi connectivity index (χ1) is 9.17. The average molecular weight is 297 g/mol. The van der Waals surface area contributed by atoms with Gasteiger partial charge in [0.2, 0.25) is 0 Å². The SMILES string of the molecule is CC(C)(C)S(=O)(=O)CCC(=O)c1ccc(CCN)cc1. The van der Waals surface area contributed by atoms with E-state index in [0.717, 1.165) is 12.0 Å². The molecule has 0 amide bonds. The zero-order valence-electron chi connectivity index (χ0n) is 12.3. The monoisotopic (exact) mass is 297 g/mol. The van der Waals surface area contributed by atoms with E-state index in [-0.39, 0.29) is 18.0 Å². The van der Waals surface area contributed by atoms with Gasteiger partial charge in [0.15, 0.2) is 15.6 Å². The van der Waals surface area contributed by atoms with Crippen LogP contribution in [0, 0.1) is 0 Å². The Labute approximate surface area is 121 Å². The van der Waals surface area contributed by atoms with Crippen LogP contribution in [0.25, 0.3) is 0 Å². The van der Waals surface area contributed by atoms with E-state index < -0.39 is 14.6 Å². The molecule has 5 heteroatoms. The molecule has 0 saturated carbocycles. The van der Waals surface area contributed by atoms with Crippen molar-refractivity contribution in [1.29, 1.82) is 0 Å². The summed E-state index contributed by atoms with van der Waals surface area (Å²) < 4.78 is 23.1. The van der Waals surface area contributed by atoms with Gasteiger partial charge in [-0.2, -0.15) is 0 Å². The highest BCUT2D eigenvalue weighted by atomic mass is 32.2. The van der Waals surface area contributed by atoms with Gasteiger partial charge in [-0.15, -0.1) is 0 Å². The lowest BCUT2D eigenvalue weighted by Gasteiger charge is -2.18. The second-order valence-electron chi connectivity index (χ2n) is 5.84. The first-order valence-electron chi connectivity index (χ1n) is 6.72. The molecule has 4 nitrogen and oxygen atoms in total. The Morgan fingerprint density at radius 1 is 1.15 bits per heavy atom. The normalized spacial score (nSPS) is 12.4. The molecule has 0 unspecified atom stereocenters. The highest BCUT2D eigenvalue weighted by molar-refractivity contribution is 7.92. The topological polar surface area (TPSA) is 77.2 Å². The predicted molar refractivity (Wildman–Crippen MR) is 81.7 cm³/mol. The van der Waals surface area contributed by atoms with E-state index in [4.69, 9.17) is 5.73 Å². The van der Waals surface area contributed by atoms with E-state index in [2.05, 4.69) is 0 Å². The van der Waals surface area contributed by atoms with Crippen LogP contribution in [0.15, 0.2) is 24.3 Å². The van der Waals surface area contributed by atoms with Crippen molar-refractivity contribution < 1.29 is 13.2 Å². The van der Waals surface area contributed by atoms with Gasteiger partial charge < -0.3 is 5.73 Å². The molecule has 20 heavy (non-hydrogen) atoms. The van der Waals surface area contributed by atoms with Gasteiger partial charge in [-0.25, -0.2) is 8.42 Å². The standard InChI is InChI=1S/C15H23NO3S/c1-15(2,3)20(18,19)11-9-14(17)13-6-4-12(5-7-13)8-10-16/h4-7H,8-11,16H2,1-3H3. The maximum Gasteiger partial charge on any atom is 0.163 e. The summed E-state index contributed by atoms with van der Waals surface area (Å²) in [5, 5.41) is 0. The van der Waals surface area contributed by atoms with Crippen LogP contribution in [-0.2, 0) is 16.3 Å². The fraction of sp³-hybridized carbons (Fsp3) is 0.533. The lowest BCUT2D eigenvalue weighted by Crippen LogP contribution is -2.31. The van der Waals surface area contributed by atoms with Crippen molar-refractivity contribution in [3.8, 4) is 0 Å². The van der Waals surface area contributed by atoms with Crippen molar-refractivity contribution in [3.63, 3.8) is 0 Å². The van der Waals surface area contributed by atoms with Crippen molar-refractivity contribution in [2.75, 3.05) is 12.3 Å². The summed E-state index contributed by atoms with van der Waals surface area (Å²) in [5.41, 5.74) is 7.09. The second kappa shape index (κ2) is 6.50. The van der Waals surface area contributed by atoms with E-state index in [0.29, 0.717) is 12.1 Å². The Morgan fingerprint density at radius 3 is 2.15 bits per heavy atom. The molecule has 0 fully saturated rings. The summed E-state index contributed by atoms with van der Waals surface area (Å²) in [6.07, 6.45) is 0.794. The van der Waals surface area contributed by atoms with Crippen LogP contribution >= 0.6 is 0 Å². The van der Waals surface area contributed by atoms with Gasteiger partial charge in [-0.05, 0) is 39.3 Å². The van der Waals surface area contributed by atoms with Gasteiger partial charge in [-0.3, -0.25) is 4.79 Å². The zero-order chi connectivity index (χ0) is 15.4. The maximum absolute atomic E-state index is 12.0. The van der Waals surface area contributed by atoms with Gasteiger partial charge in [0, 0.05) is 12.0 Å². The number of Topliss-reactive ketones (excluding diaryl/α,β-unsaturated/α-hetero) is 1. The largest absolute Gasteiger partial charge is 0.330 e. The van der Waals surface area contributed by atoms with Gasteiger partial charge in [0.1, 0.15) is 0 Å². The van der Waals surface area contributed by atoms with Crippen LogP contribution in [0.4, 0.5) is 0 Å². The summed E-state index contributed by atoms with van der Waals surface area (Å²) in [4.78, 5) is 12.0. The van der Waals surface area contributed by atoms with Crippen LogP contribution in [-0.4, -0.2) is 31.2 Å². The Morgan fingerprint density at radius 2 is 1.70 bits per heavy atom. The van der Waals surface area contributed by atoms with E-state index in [9.17, 15) is 13.2 Å². The third-order valence-electron chi connectivity index (χ3n) is 3.24.